The Hall–Kier alpha value is -4.62. The number of ether oxygens (including phenoxy) is 1. The topological polar surface area (TPSA) is 168 Å². The van der Waals surface area contributed by atoms with Crippen molar-refractivity contribution >= 4 is 5.69 Å². The summed E-state index contributed by atoms with van der Waals surface area (Å²) in [6.45, 7) is 3.42. The Morgan fingerprint density at radius 1 is 1.31 bits per heavy atom. The molecule has 0 radical (unpaired) electrons. The van der Waals surface area contributed by atoms with E-state index in [4.69, 9.17) is 10.5 Å². The Labute approximate surface area is 208 Å². The fraction of sp³-hybridized carbons (Fsp3) is 0.385. The predicted octanol–water partition coefficient (Wildman–Crippen LogP) is 4.06. The van der Waals surface area contributed by atoms with Crippen LogP contribution in [0.1, 0.15) is 47.7 Å². The molecule has 2 atom stereocenters. The largest absolute Gasteiger partial charge is 0.496 e. The highest BCUT2D eigenvalue weighted by Gasteiger charge is 2.53. The van der Waals surface area contributed by atoms with E-state index in [9.17, 15) is 25.9 Å². The summed E-state index contributed by atoms with van der Waals surface area (Å²) in [6.07, 6.45) is 4.37. The fourth-order valence-corrected chi connectivity index (χ4v) is 5.63. The van der Waals surface area contributed by atoms with Crippen LogP contribution in [0.25, 0.3) is 0 Å². The van der Waals surface area contributed by atoms with Gasteiger partial charge < -0.3 is 10.5 Å². The number of methoxy groups -OCH3 is 1. The van der Waals surface area contributed by atoms with E-state index < -0.39 is 16.3 Å². The molecule has 0 amide bonds. The number of aryl methyl sites for hydroxylation is 1. The van der Waals surface area contributed by atoms with Gasteiger partial charge in [-0.1, -0.05) is 12.1 Å². The maximum Gasteiger partial charge on any atom is 0.312 e. The van der Waals surface area contributed by atoms with E-state index in [-0.39, 0.29) is 29.4 Å². The van der Waals surface area contributed by atoms with Crippen LogP contribution in [-0.4, -0.2) is 21.8 Å². The first-order valence-corrected chi connectivity index (χ1v) is 11.5. The Bertz CT molecular complexity index is 1430. The third-order valence-electron chi connectivity index (χ3n) is 7.31. The molecule has 0 bridgehead atoms. The van der Waals surface area contributed by atoms with Crippen LogP contribution in [0.4, 0.5) is 5.69 Å². The maximum absolute atomic E-state index is 11.5. The second-order valence-electron chi connectivity index (χ2n) is 9.11. The van der Waals surface area contributed by atoms with Gasteiger partial charge in [0, 0.05) is 11.5 Å². The average Bonchev–Trinajstić information content (AvgIpc) is 3.15. The molecule has 182 valence electrons. The second kappa shape index (κ2) is 9.20. The quantitative estimate of drug-likeness (QED) is 0.490. The molecule has 1 heterocycles. The molecule has 2 N–H and O–H groups in total. The number of hydrogen-bond donors (Lipinski definition) is 1. The van der Waals surface area contributed by atoms with Gasteiger partial charge in [-0.25, -0.2) is 0 Å². The number of allylic oxidation sites excluding steroid dienone is 4. The van der Waals surface area contributed by atoms with Crippen molar-refractivity contribution in [2.75, 3.05) is 7.11 Å². The number of nitro groups is 1. The molecule has 10 heteroatoms. The van der Waals surface area contributed by atoms with Crippen LogP contribution >= 0.6 is 0 Å². The summed E-state index contributed by atoms with van der Waals surface area (Å²) in [4.78, 5) is 11.0. The number of hydrogen-bond acceptors (Lipinski definition) is 8. The predicted molar refractivity (Wildman–Crippen MR) is 129 cm³/mol. The van der Waals surface area contributed by atoms with E-state index in [0.717, 1.165) is 18.4 Å². The number of rotatable bonds is 5. The van der Waals surface area contributed by atoms with Crippen molar-refractivity contribution < 1.29 is 9.66 Å². The average molecular weight is 484 g/mol. The third-order valence-corrected chi connectivity index (χ3v) is 7.31. The molecule has 2 aliphatic carbocycles. The highest BCUT2D eigenvalue weighted by atomic mass is 16.6. The van der Waals surface area contributed by atoms with Gasteiger partial charge in [0.15, 0.2) is 5.41 Å². The zero-order valence-electron chi connectivity index (χ0n) is 20.3. The van der Waals surface area contributed by atoms with Gasteiger partial charge in [-0.15, -0.1) is 0 Å². The van der Waals surface area contributed by atoms with E-state index in [1.807, 2.05) is 18.2 Å². The summed E-state index contributed by atoms with van der Waals surface area (Å²) < 4.78 is 7.11. The molecule has 1 aromatic heterocycles. The van der Waals surface area contributed by atoms with Crippen molar-refractivity contribution in [3.8, 4) is 24.0 Å². The van der Waals surface area contributed by atoms with E-state index in [1.54, 1.807) is 24.6 Å². The Balaban J connectivity index is 1.89. The first kappa shape index (κ1) is 24.5. The van der Waals surface area contributed by atoms with Gasteiger partial charge in [-0.2, -0.15) is 20.9 Å². The van der Waals surface area contributed by atoms with Crippen molar-refractivity contribution in [2.45, 2.75) is 45.6 Å². The molecule has 2 unspecified atom stereocenters. The zero-order chi connectivity index (χ0) is 26.2. The van der Waals surface area contributed by atoms with Crippen LogP contribution in [0.2, 0.25) is 0 Å². The summed E-state index contributed by atoms with van der Waals surface area (Å²) in [5.41, 5.74) is 7.75. The number of benzene rings is 1. The number of nitrogens with two attached hydrogens (primary N) is 1. The molecule has 0 fully saturated rings. The monoisotopic (exact) mass is 483 g/mol. The van der Waals surface area contributed by atoms with Gasteiger partial charge in [0.1, 0.15) is 23.2 Å². The third kappa shape index (κ3) is 3.57. The Morgan fingerprint density at radius 2 is 2.03 bits per heavy atom. The summed E-state index contributed by atoms with van der Waals surface area (Å²) in [7, 11) is 1.53. The zero-order valence-corrected chi connectivity index (χ0v) is 20.3. The SMILES string of the molecule is COc1ccc(C2C3CCCC=C3C(C#N)=C(N)C2(C#N)C#N)cc1Cn1nc(C)c([N+](=O)[O-])c1C. The van der Waals surface area contributed by atoms with Gasteiger partial charge in [0.25, 0.3) is 0 Å². The van der Waals surface area contributed by atoms with Crippen LogP contribution in [0.3, 0.4) is 0 Å². The van der Waals surface area contributed by atoms with E-state index in [1.165, 1.54) is 7.11 Å². The van der Waals surface area contributed by atoms with Crippen molar-refractivity contribution in [3.05, 3.63) is 73.7 Å². The number of nitriles is 3. The normalized spacial score (nSPS) is 20.4. The van der Waals surface area contributed by atoms with Crippen LogP contribution in [0, 0.1) is 69.3 Å². The minimum Gasteiger partial charge on any atom is -0.496 e. The minimum atomic E-state index is -1.72. The Morgan fingerprint density at radius 3 is 2.61 bits per heavy atom. The second-order valence-corrected chi connectivity index (χ2v) is 9.11. The number of nitrogens with zero attached hydrogens (tertiary/aromatic N) is 6. The molecule has 10 nitrogen and oxygen atoms in total. The first-order chi connectivity index (χ1) is 17.2. The van der Waals surface area contributed by atoms with Crippen LogP contribution < -0.4 is 10.5 Å². The van der Waals surface area contributed by atoms with Gasteiger partial charge in [0.2, 0.25) is 0 Å². The number of aromatic nitrogens is 2. The highest BCUT2D eigenvalue weighted by molar-refractivity contribution is 5.59. The van der Waals surface area contributed by atoms with Crippen molar-refractivity contribution in [3.63, 3.8) is 0 Å². The summed E-state index contributed by atoms with van der Waals surface area (Å²) >= 11 is 0. The van der Waals surface area contributed by atoms with Gasteiger partial charge in [-0.05, 0) is 62.3 Å². The molecule has 0 saturated carbocycles. The van der Waals surface area contributed by atoms with Crippen LogP contribution in [0.15, 0.2) is 41.1 Å². The lowest BCUT2D eigenvalue weighted by Crippen LogP contribution is -2.42. The first-order valence-electron chi connectivity index (χ1n) is 11.5. The van der Waals surface area contributed by atoms with Gasteiger partial charge >= 0.3 is 5.69 Å². The van der Waals surface area contributed by atoms with E-state index in [0.29, 0.717) is 34.7 Å². The molecule has 1 aromatic carbocycles. The maximum atomic E-state index is 11.5. The fourth-order valence-electron chi connectivity index (χ4n) is 5.63. The lowest BCUT2D eigenvalue weighted by atomic mass is 9.56. The van der Waals surface area contributed by atoms with Crippen molar-refractivity contribution in [1.82, 2.24) is 9.78 Å². The standard InChI is InChI=1S/C26H25N7O3/c1-15-24(33(34)35)16(2)32(31-15)12-18-10-17(8-9-22(18)36-3)23-20-7-5-4-6-19(20)21(11-27)25(30)26(23,13-28)14-29/h6,8-10,20,23H,4-5,7,12,30H2,1-3H3. The molecule has 0 spiro atoms. The lowest BCUT2D eigenvalue weighted by molar-refractivity contribution is -0.386. The van der Waals surface area contributed by atoms with E-state index >= 15 is 0 Å². The van der Waals surface area contributed by atoms with Crippen molar-refractivity contribution in [1.29, 1.82) is 15.8 Å². The highest BCUT2D eigenvalue weighted by Crippen LogP contribution is 2.56. The molecular formula is C26H25N7O3. The molecule has 4 rings (SSSR count). The lowest BCUT2D eigenvalue weighted by Gasteiger charge is -2.43. The minimum absolute atomic E-state index is 0.0176. The van der Waals surface area contributed by atoms with Crippen molar-refractivity contribution in [2.24, 2.45) is 17.1 Å². The van der Waals surface area contributed by atoms with Crippen LogP contribution in [0.5, 0.6) is 5.75 Å². The number of fused-ring (bicyclic) bond motifs is 1. The van der Waals surface area contributed by atoms with E-state index in [2.05, 4.69) is 23.3 Å². The van der Waals surface area contributed by atoms with Gasteiger partial charge in [0.05, 0.1) is 42.0 Å². The molecule has 36 heavy (non-hydrogen) atoms. The summed E-state index contributed by atoms with van der Waals surface area (Å²) in [5.74, 6) is -0.281. The Kier molecular flexibility index (Phi) is 6.26. The summed E-state index contributed by atoms with van der Waals surface area (Å²) in [5, 5.41) is 46.2. The van der Waals surface area contributed by atoms with Gasteiger partial charge in [-0.3, -0.25) is 14.8 Å². The molecular weight excluding hydrogens is 458 g/mol. The molecule has 0 aliphatic heterocycles. The molecule has 0 saturated heterocycles. The molecule has 2 aromatic rings. The summed E-state index contributed by atoms with van der Waals surface area (Å²) in [6, 6.07) is 11.9. The molecule has 2 aliphatic rings. The smallest absolute Gasteiger partial charge is 0.312 e. The van der Waals surface area contributed by atoms with Crippen LogP contribution in [-0.2, 0) is 6.54 Å².